The fraction of sp³-hybridized carbons (Fsp3) is 0.529. The minimum Gasteiger partial charge on any atom is -0.408 e. The molecule has 0 radical (unpaired) electrons. The van der Waals surface area contributed by atoms with Gasteiger partial charge in [-0.3, -0.25) is 14.6 Å². The molecule has 3 N–H and O–H groups in total. The number of nitrogens with zero attached hydrogens (tertiary/aromatic N) is 3. The Balaban J connectivity index is 1.05. The molecule has 5 heterocycles. The maximum atomic E-state index is 14.1. The van der Waals surface area contributed by atoms with E-state index in [1.165, 1.54) is 19.3 Å². The number of likely N-dealkylation sites (tertiary alicyclic amines) is 3. The number of hydrogen-bond donors (Lipinski definition) is 3. The minimum atomic E-state index is -0.526. The number of piperidine rings is 3. The van der Waals surface area contributed by atoms with Gasteiger partial charge in [0.2, 0.25) is 11.8 Å². The molecule has 11 heteroatoms. The van der Waals surface area contributed by atoms with E-state index in [-0.39, 0.29) is 24.3 Å². The molecule has 4 aliphatic heterocycles. The second-order valence-electron chi connectivity index (χ2n) is 13.2. The van der Waals surface area contributed by atoms with E-state index in [1.807, 2.05) is 40.1 Å². The number of aromatic amines is 1. The summed E-state index contributed by atoms with van der Waals surface area (Å²) in [4.78, 5) is 61.2. The van der Waals surface area contributed by atoms with Crippen molar-refractivity contribution in [1.29, 1.82) is 0 Å². The van der Waals surface area contributed by atoms with Gasteiger partial charge >= 0.3 is 11.8 Å². The van der Waals surface area contributed by atoms with Crippen LogP contribution in [0, 0.1) is 5.92 Å². The van der Waals surface area contributed by atoms with Crippen molar-refractivity contribution in [1.82, 2.24) is 25.0 Å². The van der Waals surface area contributed by atoms with Crippen LogP contribution < -0.4 is 16.4 Å². The fourth-order valence-electron chi connectivity index (χ4n) is 7.96. The molecule has 238 valence electrons. The molecule has 7 rings (SSSR count). The van der Waals surface area contributed by atoms with Crippen LogP contribution in [0.4, 0.5) is 10.5 Å². The molecule has 1 spiro atoms. The van der Waals surface area contributed by atoms with Gasteiger partial charge in [0.1, 0.15) is 0 Å². The first kappa shape index (κ1) is 29.6. The fourth-order valence-corrected chi connectivity index (χ4v) is 7.96. The summed E-state index contributed by atoms with van der Waals surface area (Å²) >= 11 is 0. The Hall–Kier alpha value is -4.12. The Kier molecular flexibility index (Phi) is 8.12. The molecule has 3 aromatic rings. The highest BCUT2D eigenvalue weighted by atomic mass is 16.4. The third kappa shape index (κ3) is 6.10. The lowest BCUT2D eigenvalue weighted by atomic mass is 9.78. The summed E-state index contributed by atoms with van der Waals surface area (Å²) in [5, 5.41) is 6.03. The van der Waals surface area contributed by atoms with Crippen molar-refractivity contribution in [3.8, 4) is 0 Å². The summed E-state index contributed by atoms with van der Waals surface area (Å²) in [6, 6.07) is 13.6. The van der Waals surface area contributed by atoms with Crippen LogP contribution in [0.25, 0.3) is 11.1 Å². The predicted octanol–water partition coefficient (Wildman–Crippen LogP) is 3.80. The summed E-state index contributed by atoms with van der Waals surface area (Å²) in [6.45, 7) is 4.70. The second-order valence-corrected chi connectivity index (χ2v) is 13.2. The predicted molar refractivity (Wildman–Crippen MR) is 170 cm³/mol. The standard InChI is InChI=1S/C34H42N6O5/c41-30(39-18-12-34(13-19-39)26-6-2-3-7-27(26)35-32(43)37-34)22-24(20-23-8-9-28-29(21-23)45-33(44)36-28)31(42)40-16-10-25(11-17-40)38-14-4-1-5-15-38/h2-3,6-9,21,24-25H,1,4-5,10-20,22H2,(H,36,44)(H2,35,37,43). The molecule has 4 amide bonds. The Morgan fingerprint density at radius 2 is 1.67 bits per heavy atom. The summed E-state index contributed by atoms with van der Waals surface area (Å²) in [7, 11) is 0. The Morgan fingerprint density at radius 1 is 0.911 bits per heavy atom. The molecule has 1 unspecified atom stereocenters. The second kappa shape index (κ2) is 12.3. The Bertz CT molecular complexity index is 1620. The normalized spacial score (nSPS) is 21.3. The third-order valence-electron chi connectivity index (χ3n) is 10.4. The number of carbonyl (C=O) groups excluding carboxylic acids is 3. The van der Waals surface area contributed by atoms with Gasteiger partial charge in [0.15, 0.2) is 5.58 Å². The number of fused-ring (bicyclic) bond motifs is 3. The average Bonchev–Trinajstić information content (AvgIpc) is 3.44. The average molecular weight is 615 g/mol. The molecule has 1 aromatic heterocycles. The van der Waals surface area contributed by atoms with Crippen molar-refractivity contribution in [3.05, 3.63) is 64.1 Å². The summed E-state index contributed by atoms with van der Waals surface area (Å²) in [5.74, 6) is -1.07. The number of nitrogens with one attached hydrogen (secondary N) is 3. The highest BCUT2D eigenvalue weighted by Gasteiger charge is 2.43. The quantitative estimate of drug-likeness (QED) is 0.387. The molecule has 1 atom stereocenters. The molecule has 0 aliphatic carbocycles. The van der Waals surface area contributed by atoms with E-state index in [0.717, 1.165) is 42.7 Å². The lowest BCUT2D eigenvalue weighted by Gasteiger charge is -2.45. The molecule has 2 aromatic carbocycles. The molecular weight excluding hydrogens is 572 g/mol. The first-order chi connectivity index (χ1) is 21.9. The van der Waals surface area contributed by atoms with Gasteiger partial charge in [-0.25, -0.2) is 9.59 Å². The van der Waals surface area contributed by atoms with Crippen molar-refractivity contribution in [2.45, 2.75) is 69.4 Å². The number of hydrogen-bond acceptors (Lipinski definition) is 6. The van der Waals surface area contributed by atoms with Crippen LogP contribution in [0.15, 0.2) is 51.7 Å². The van der Waals surface area contributed by atoms with E-state index in [0.29, 0.717) is 62.6 Å². The molecule has 0 saturated carbocycles. The van der Waals surface area contributed by atoms with Crippen molar-refractivity contribution in [3.63, 3.8) is 0 Å². The zero-order valence-corrected chi connectivity index (χ0v) is 25.7. The molecule has 11 nitrogen and oxygen atoms in total. The van der Waals surface area contributed by atoms with Gasteiger partial charge in [-0.05, 0) is 81.8 Å². The highest BCUT2D eigenvalue weighted by molar-refractivity contribution is 5.94. The van der Waals surface area contributed by atoms with Gasteiger partial charge in [0, 0.05) is 49.9 Å². The Labute approximate surface area is 262 Å². The van der Waals surface area contributed by atoms with Gasteiger partial charge in [0.05, 0.1) is 17.0 Å². The van der Waals surface area contributed by atoms with Crippen LogP contribution in [0.1, 0.15) is 62.5 Å². The lowest BCUT2D eigenvalue weighted by Crippen LogP contribution is -2.57. The zero-order chi connectivity index (χ0) is 31.0. The van der Waals surface area contributed by atoms with Crippen LogP contribution in [-0.2, 0) is 21.5 Å². The third-order valence-corrected chi connectivity index (χ3v) is 10.4. The first-order valence-corrected chi connectivity index (χ1v) is 16.5. The van der Waals surface area contributed by atoms with Crippen LogP contribution in [0.5, 0.6) is 0 Å². The van der Waals surface area contributed by atoms with Gasteiger partial charge in [-0.1, -0.05) is 30.7 Å². The van der Waals surface area contributed by atoms with E-state index < -0.39 is 17.2 Å². The van der Waals surface area contributed by atoms with Gasteiger partial charge in [-0.2, -0.15) is 0 Å². The number of para-hydroxylation sites is 1. The molecule has 4 aliphatic rings. The van der Waals surface area contributed by atoms with Crippen LogP contribution >= 0.6 is 0 Å². The number of oxazole rings is 1. The lowest BCUT2D eigenvalue weighted by molar-refractivity contribution is -0.143. The number of aromatic nitrogens is 1. The number of amides is 4. The van der Waals surface area contributed by atoms with E-state index >= 15 is 0 Å². The maximum absolute atomic E-state index is 14.1. The first-order valence-electron chi connectivity index (χ1n) is 16.5. The van der Waals surface area contributed by atoms with Gasteiger partial charge < -0.3 is 29.8 Å². The van der Waals surface area contributed by atoms with Crippen LogP contribution in [-0.4, -0.2) is 82.8 Å². The molecular formula is C34H42N6O5. The van der Waals surface area contributed by atoms with E-state index in [1.54, 1.807) is 12.1 Å². The van der Waals surface area contributed by atoms with Crippen LogP contribution in [0.2, 0.25) is 0 Å². The highest BCUT2D eigenvalue weighted by Crippen LogP contribution is 2.40. The van der Waals surface area contributed by atoms with E-state index in [4.69, 9.17) is 4.42 Å². The van der Waals surface area contributed by atoms with Crippen molar-refractivity contribution >= 4 is 34.6 Å². The number of H-pyrrole nitrogens is 1. The van der Waals surface area contributed by atoms with Gasteiger partial charge in [-0.15, -0.1) is 0 Å². The largest absolute Gasteiger partial charge is 0.417 e. The molecule has 3 fully saturated rings. The monoisotopic (exact) mass is 614 g/mol. The van der Waals surface area contributed by atoms with Crippen molar-refractivity contribution in [2.75, 3.05) is 44.6 Å². The zero-order valence-electron chi connectivity index (χ0n) is 25.7. The Morgan fingerprint density at radius 3 is 2.44 bits per heavy atom. The van der Waals surface area contributed by atoms with E-state index in [9.17, 15) is 19.2 Å². The summed E-state index contributed by atoms with van der Waals surface area (Å²) in [6.07, 6.45) is 7.44. The smallest absolute Gasteiger partial charge is 0.408 e. The molecule has 45 heavy (non-hydrogen) atoms. The summed E-state index contributed by atoms with van der Waals surface area (Å²) < 4.78 is 5.28. The van der Waals surface area contributed by atoms with Crippen LogP contribution in [0.3, 0.4) is 0 Å². The van der Waals surface area contributed by atoms with E-state index in [2.05, 4.69) is 20.5 Å². The van der Waals surface area contributed by atoms with Crippen molar-refractivity contribution in [2.24, 2.45) is 5.92 Å². The number of carbonyl (C=O) groups is 3. The minimum absolute atomic E-state index is 0.0177. The summed E-state index contributed by atoms with van der Waals surface area (Å²) in [5.41, 5.74) is 3.25. The SMILES string of the molecule is O=C1Nc2ccccc2C2(CCN(C(=O)CC(Cc3ccc4[nH]c(=O)oc4c3)C(=O)N3CCC(N4CCCCC4)CC3)CC2)N1. The topological polar surface area (TPSA) is 131 Å². The number of benzene rings is 2. The number of anilines is 1. The van der Waals surface area contributed by atoms with Crippen molar-refractivity contribution < 1.29 is 18.8 Å². The number of urea groups is 1. The molecule has 3 saturated heterocycles. The van der Waals surface area contributed by atoms with Gasteiger partial charge in [0.25, 0.3) is 0 Å². The number of rotatable bonds is 6. The maximum Gasteiger partial charge on any atom is 0.417 e. The molecule has 0 bridgehead atoms.